The van der Waals surface area contributed by atoms with Crippen molar-refractivity contribution < 1.29 is 9.47 Å². The van der Waals surface area contributed by atoms with E-state index in [-0.39, 0.29) is 5.56 Å². The van der Waals surface area contributed by atoms with Gasteiger partial charge in [0, 0.05) is 4.88 Å². The second-order valence-electron chi connectivity index (χ2n) is 7.06. The number of hydrogen-bond acceptors (Lipinski definition) is 5. The summed E-state index contributed by atoms with van der Waals surface area (Å²) in [4.78, 5) is 22.3. The summed E-state index contributed by atoms with van der Waals surface area (Å²) in [6.07, 6.45) is 6.97. The van der Waals surface area contributed by atoms with Crippen molar-refractivity contribution in [2.45, 2.75) is 39.0 Å². The normalized spacial score (nSPS) is 14.1. The molecule has 3 aromatic rings. The Morgan fingerprint density at radius 1 is 1.31 bits per heavy atom. The first-order valence-electron chi connectivity index (χ1n) is 9.83. The summed E-state index contributed by atoms with van der Waals surface area (Å²) >= 11 is 8.13. The largest absolute Gasteiger partial charge is 0.493 e. The lowest BCUT2D eigenvalue weighted by molar-refractivity contribution is 0.294. The van der Waals surface area contributed by atoms with Crippen LogP contribution in [0, 0.1) is 0 Å². The molecule has 0 aliphatic heterocycles. The van der Waals surface area contributed by atoms with Gasteiger partial charge in [0.2, 0.25) is 0 Å². The molecule has 29 heavy (non-hydrogen) atoms. The number of H-pyrrole nitrogens is 1. The van der Waals surface area contributed by atoms with Gasteiger partial charge in [0.1, 0.15) is 4.83 Å². The molecule has 2 heterocycles. The van der Waals surface area contributed by atoms with Gasteiger partial charge in [0.05, 0.1) is 24.1 Å². The number of aryl methyl sites for hydroxylation is 2. The Labute approximate surface area is 178 Å². The van der Waals surface area contributed by atoms with Gasteiger partial charge in [-0.1, -0.05) is 24.6 Å². The molecule has 0 saturated carbocycles. The quantitative estimate of drug-likeness (QED) is 0.568. The van der Waals surface area contributed by atoms with Crippen molar-refractivity contribution in [3.63, 3.8) is 0 Å². The number of fused-ring (bicyclic) bond motifs is 3. The van der Waals surface area contributed by atoms with E-state index in [2.05, 4.69) is 16.9 Å². The van der Waals surface area contributed by atoms with Crippen LogP contribution in [0.25, 0.3) is 21.3 Å². The number of aromatic nitrogens is 2. The molecule has 0 spiro atoms. The third-order valence-electron chi connectivity index (χ3n) is 4.99. The molecule has 0 atom stereocenters. The summed E-state index contributed by atoms with van der Waals surface area (Å²) in [5.74, 6) is 1.72. The van der Waals surface area contributed by atoms with Gasteiger partial charge in [-0.15, -0.1) is 11.3 Å². The van der Waals surface area contributed by atoms with Gasteiger partial charge in [0.15, 0.2) is 17.3 Å². The number of thiophene rings is 1. The average molecular weight is 431 g/mol. The van der Waals surface area contributed by atoms with Crippen molar-refractivity contribution in [1.29, 1.82) is 0 Å². The van der Waals surface area contributed by atoms with Crippen molar-refractivity contribution in [3.05, 3.63) is 50.4 Å². The predicted molar refractivity (Wildman–Crippen MR) is 119 cm³/mol. The highest BCUT2D eigenvalue weighted by Gasteiger charge is 2.20. The Morgan fingerprint density at radius 2 is 2.14 bits per heavy atom. The van der Waals surface area contributed by atoms with E-state index in [0.717, 1.165) is 41.5 Å². The molecule has 0 saturated heterocycles. The number of methoxy groups -OCH3 is 1. The topological polar surface area (TPSA) is 64.2 Å². The zero-order chi connectivity index (χ0) is 20.4. The smallest absolute Gasteiger partial charge is 0.260 e. The molecule has 4 rings (SSSR count). The van der Waals surface area contributed by atoms with E-state index in [1.54, 1.807) is 24.5 Å². The van der Waals surface area contributed by atoms with Gasteiger partial charge < -0.3 is 14.5 Å². The van der Waals surface area contributed by atoms with Crippen LogP contribution >= 0.6 is 22.9 Å². The van der Waals surface area contributed by atoms with Crippen LogP contribution in [-0.2, 0) is 12.8 Å². The highest BCUT2D eigenvalue weighted by atomic mass is 35.5. The van der Waals surface area contributed by atoms with Crippen LogP contribution in [0.15, 0.2) is 23.0 Å². The molecule has 1 aliphatic carbocycles. The standard InChI is InChI=1S/C22H23ClN2O3S/c1-3-10-28-16-9-8-13(12-17(16)27-2)11-15(23)20-24-21(26)19-14-6-4-5-7-18(14)29-22(19)25-20/h8-9,11-12H,3-7,10H2,1-2H3,(H,24,25,26)/b15-11-. The lowest BCUT2D eigenvalue weighted by atomic mass is 9.97. The maximum absolute atomic E-state index is 12.7. The first kappa shape index (κ1) is 20.0. The maximum atomic E-state index is 12.7. The van der Waals surface area contributed by atoms with Crippen molar-refractivity contribution >= 4 is 44.3 Å². The predicted octanol–water partition coefficient (Wildman–Crippen LogP) is 5.40. The summed E-state index contributed by atoms with van der Waals surface area (Å²) in [5, 5.41) is 1.11. The molecule has 0 fully saturated rings. The summed E-state index contributed by atoms with van der Waals surface area (Å²) in [5.41, 5.74) is 1.89. The van der Waals surface area contributed by atoms with E-state index >= 15 is 0 Å². The van der Waals surface area contributed by atoms with Gasteiger partial charge in [-0.2, -0.15) is 0 Å². The van der Waals surface area contributed by atoms with E-state index < -0.39 is 0 Å². The number of nitrogens with zero attached hydrogens (tertiary/aromatic N) is 1. The first-order valence-corrected chi connectivity index (χ1v) is 11.0. The van der Waals surface area contributed by atoms with Gasteiger partial charge in [-0.25, -0.2) is 4.98 Å². The molecule has 1 N–H and O–H groups in total. The molecule has 0 amide bonds. The maximum Gasteiger partial charge on any atom is 0.260 e. The Balaban J connectivity index is 1.69. The van der Waals surface area contributed by atoms with E-state index in [0.29, 0.717) is 29.0 Å². The van der Waals surface area contributed by atoms with Gasteiger partial charge >= 0.3 is 0 Å². The van der Waals surface area contributed by atoms with Gasteiger partial charge in [-0.05, 0) is 61.4 Å². The Morgan fingerprint density at radius 3 is 2.93 bits per heavy atom. The zero-order valence-corrected chi connectivity index (χ0v) is 18.1. The Kier molecular flexibility index (Phi) is 5.92. The van der Waals surface area contributed by atoms with Crippen molar-refractivity contribution in [2.75, 3.05) is 13.7 Å². The average Bonchev–Trinajstić information content (AvgIpc) is 3.11. The molecule has 5 nitrogen and oxygen atoms in total. The van der Waals surface area contributed by atoms with Gasteiger partial charge in [0.25, 0.3) is 5.56 Å². The lowest BCUT2D eigenvalue weighted by Crippen LogP contribution is -2.12. The number of benzene rings is 1. The Bertz CT molecular complexity index is 1130. The van der Waals surface area contributed by atoms with Crippen molar-refractivity contribution in [3.8, 4) is 11.5 Å². The highest BCUT2D eigenvalue weighted by molar-refractivity contribution is 7.18. The molecule has 7 heteroatoms. The summed E-state index contributed by atoms with van der Waals surface area (Å²) < 4.78 is 11.1. The number of rotatable bonds is 6. The molecule has 1 aliphatic rings. The highest BCUT2D eigenvalue weighted by Crippen LogP contribution is 2.34. The fourth-order valence-electron chi connectivity index (χ4n) is 3.60. The van der Waals surface area contributed by atoms with Crippen LogP contribution in [0.2, 0.25) is 0 Å². The molecule has 0 bridgehead atoms. The fraction of sp³-hybridized carbons (Fsp3) is 0.364. The van der Waals surface area contributed by atoms with Crippen molar-refractivity contribution in [2.24, 2.45) is 0 Å². The number of aromatic amines is 1. The monoisotopic (exact) mass is 430 g/mol. The molecule has 0 radical (unpaired) electrons. The van der Waals surface area contributed by atoms with E-state index in [4.69, 9.17) is 21.1 Å². The SMILES string of the molecule is CCCOc1ccc(/C=C(\Cl)c2nc3sc4c(c3c(=O)[nH]2)CCCC4)cc1OC. The van der Waals surface area contributed by atoms with E-state index in [1.165, 1.54) is 16.9 Å². The minimum absolute atomic E-state index is 0.114. The molecule has 2 aromatic heterocycles. The second-order valence-corrected chi connectivity index (χ2v) is 8.55. The van der Waals surface area contributed by atoms with Gasteiger partial charge in [-0.3, -0.25) is 4.79 Å². The summed E-state index contributed by atoms with van der Waals surface area (Å²) in [6, 6.07) is 5.61. The van der Waals surface area contributed by atoms with Crippen LogP contribution in [0.5, 0.6) is 11.5 Å². The van der Waals surface area contributed by atoms with Crippen molar-refractivity contribution in [1.82, 2.24) is 9.97 Å². The van der Waals surface area contributed by atoms with E-state index in [1.807, 2.05) is 18.2 Å². The minimum Gasteiger partial charge on any atom is -0.493 e. The van der Waals surface area contributed by atoms with Crippen LogP contribution < -0.4 is 15.0 Å². The third-order valence-corrected chi connectivity index (χ3v) is 6.47. The molecule has 0 unspecified atom stereocenters. The van der Waals surface area contributed by atoms with Crippen LogP contribution in [-0.4, -0.2) is 23.7 Å². The zero-order valence-electron chi connectivity index (χ0n) is 16.5. The number of halogens is 1. The molecular weight excluding hydrogens is 408 g/mol. The molecule has 152 valence electrons. The number of ether oxygens (including phenoxy) is 2. The fourth-order valence-corrected chi connectivity index (χ4v) is 5.07. The third kappa shape index (κ3) is 4.05. The summed E-state index contributed by atoms with van der Waals surface area (Å²) in [6.45, 7) is 2.68. The number of hydrogen-bond donors (Lipinski definition) is 1. The Hall–Kier alpha value is -2.31. The molecular formula is C22H23ClN2O3S. The first-order chi connectivity index (χ1) is 14.1. The van der Waals surface area contributed by atoms with Crippen LogP contribution in [0.3, 0.4) is 0 Å². The van der Waals surface area contributed by atoms with Crippen LogP contribution in [0.4, 0.5) is 0 Å². The minimum atomic E-state index is -0.114. The van der Waals surface area contributed by atoms with Crippen LogP contribution in [0.1, 0.15) is 48.0 Å². The number of nitrogens with one attached hydrogen (secondary N) is 1. The lowest BCUT2D eigenvalue weighted by Gasteiger charge is -2.10. The molecule has 1 aromatic carbocycles. The summed E-state index contributed by atoms with van der Waals surface area (Å²) in [7, 11) is 1.61. The second kappa shape index (κ2) is 8.59. The van der Waals surface area contributed by atoms with E-state index in [9.17, 15) is 4.79 Å².